The third-order valence-electron chi connectivity index (χ3n) is 4.63. The Kier molecular flexibility index (Phi) is 4.08. The molecule has 2 amide bonds. The number of nitrogen functional groups attached to an aromatic ring is 3. The monoisotopic (exact) mass is 370 g/mol. The first kappa shape index (κ1) is 17.4. The van der Waals surface area contributed by atoms with Gasteiger partial charge in [0.25, 0.3) is 11.8 Å². The lowest BCUT2D eigenvalue weighted by Crippen LogP contribution is -2.31. The topological polar surface area (TPSA) is 115 Å². The molecule has 0 unspecified atom stereocenters. The second kappa shape index (κ2) is 6.59. The molecule has 1 aliphatic rings. The van der Waals surface area contributed by atoms with Crippen LogP contribution in [0.2, 0.25) is 0 Å². The largest absolute Gasteiger partial charge is 0.399 e. The van der Waals surface area contributed by atoms with Crippen LogP contribution in [-0.4, -0.2) is 11.8 Å². The molecule has 6 N–H and O–H groups in total. The molecule has 3 aromatic carbocycles. The molecular formula is C22H18N4O2. The molecule has 0 saturated heterocycles. The minimum absolute atomic E-state index is 0.326. The summed E-state index contributed by atoms with van der Waals surface area (Å²) >= 11 is 0. The summed E-state index contributed by atoms with van der Waals surface area (Å²) in [6.45, 7) is 0. The van der Waals surface area contributed by atoms with E-state index in [-0.39, 0.29) is 0 Å². The molecule has 1 heterocycles. The Bertz CT molecular complexity index is 1030. The molecule has 0 bridgehead atoms. The van der Waals surface area contributed by atoms with E-state index in [9.17, 15) is 9.59 Å². The Balaban J connectivity index is 1.90. The zero-order valence-electron chi connectivity index (χ0n) is 14.9. The molecule has 0 spiro atoms. The van der Waals surface area contributed by atoms with Gasteiger partial charge in [-0.05, 0) is 59.7 Å². The number of rotatable bonds is 3. The summed E-state index contributed by atoms with van der Waals surface area (Å²) in [6, 6.07) is 20.4. The fourth-order valence-electron chi connectivity index (χ4n) is 3.22. The van der Waals surface area contributed by atoms with Crippen LogP contribution in [0.3, 0.4) is 0 Å². The van der Waals surface area contributed by atoms with E-state index in [1.165, 1.54) is 0 Å². The van der Waals surface area contributed by atoms with Crippen molar-refractivity contribution in [2.24, 2.45) is 0 Å². The third-order valence-corrected chi connectivity index (χ3v) is 4.63. The van der Waals surface area contributed by atoms with Gasteiger partial charge in [0.15, 0.2) is 0 Å². The van der Waals surface area contributed by atoms with Crippen molar-refractivity contribution in [1.29, 1.82) is 0 Å². The van der Waals surface area contributed by atoms with Gasteiger partial charge >= 0.3 is 0 Å². The molecule has 0 aromatic heterocycles. The van der Waals surface area contributed by atoms with Crippen LogP contribution in [0.5, 0.6) is 0 Å². The van der Waals surface area contributed by atoms with Crippen molar-refractivity contribution in [3.8, 4) is 0 Å². The second-order valence-corrected chi connectivity index (χ2v) is 6.53. The first-order chi connectivity index (χ1) is 13.5. The maximum atomic E-state index is 13.3. The first-order valence-electron chi connectivity index (χ1n) is 8.66. The predicted octanol–water partition coefficient (Wildman–Crippen LogP) is 2.92. The average Bonchev–Trinajstić information content (AvgIpc) is 2.94. The molecule has 6 nitrogen and oxygen atoms in total. The summed E-state index contributed by atoms with van der Waals surface area (Å²) in [5.74, 6) is -0.794. The van der Waals surface area contributed by atoms with E-state index in [0.717, 1.165) is 4.90 Å². The van der Waals surface area contributed by atoms with E-state index in [2.05, 4.69) is 0 Å². The van der Waals surface area contributed by atoms with E-state index >= 15 is 0 Å². The first-order valence-corrected chi connectivity index (χ1v) is 8.66. The number of benzene rings is 3. The van der Waals surface area contributed by atoms with Gasteiger partial charge in [0.05, 0.1) is 16.8 Å². The van der Waals surface area contributed by atoms with Crippen LogP contribution in [-0.2, 0) is 9.59 Å². The Morgan fingerprint density at radius 1 is 0.500 bits per heavy atom. The molecule has 0 aliphatic carbocycles. The van der Waals surface area contributed by atoms with Gasteiger partial charge in [-0.2, -0.15) is 0 Å². The van der Waals surface area contributed by atoms with Crippen LogP contribution < -0.4 is 22.1 Å². The van der Waals surface area contributed by atoms with Crippen molar-refractivity contribution in [2.75, 3.05) is 22.1 Å². The van der Waals surface area contributed by atoms with E-state index in [4.69, 9.17) is 17.2 Å². The quantitative estimate of drug-likeness (QED) is 0.484. The molecule has 3 aromatic rings. The summed E-state index contributed by atoms with van der Waals surface area (Å²) in [7, 11) is 0. The zero-order chi connectivity index (χ0) is 19.8. The summed E-state index contributed by atoms with van der Waals surface area (Å²) < 4.78 is 0. The molecule has 138 valence electrons. The highest BCUT2D eigenvalue weighted by atomic mass is 16.2. The SMILES string of the molecule is Nc1ccc(C2=C(c3ccc(N)cc3)C(=O)N(c3ccc(N)cc3)C2=O)cc1. The molecule has 0 radical (unpaired) electrons. The van der Waals surface area contributed by atoms with E-state index < -0.39 is 11.8 Å². The van der Waals surface area contributed by atoms with Crippen molar-refractivity contribution in [1.82, 2.24) is 0 Å². The van der Waals surface area contributed by atoms with Crippen LogP contribution in [0.4, 0.5) is 22.7 Å². The molecule has 4 rings (SSSR count). The summed E-state index contributed by atoms with van der Waals surface area (Å²) in [5, 5.41) is 0. The van der Waals surface area contributed by atoms with Crippen LogP contribution in [0.1, 0.15) is 11.1 Å². The number of imide groups is 1. The molecular weight excluding hydrogens is 352 g/mol. The Labute approximate surface area is 161 Å². The Hall–Kier alpha value is -4.06. The number of carbonyl (C=O) groups is 2. The van der Waals surface area contributed by atoms with Crippen molar-refractivity contribution in [2.45, 2.75) is 0 Å². The minimum atomic E-state index is -0.397. The molecule has 1 aliphatic heterocycles. The van der Waals surface area contributed by atoms with Gasteiger partial charge in [0.1, 0.15) is 0 Å². The molecule has 6 heteroatoms. The Morgan fingerprint density at radius 2 is 0.821 bits per heavy atom. The van der Waals surface area contributed by atoms with Gasteiger partial charge in [-0.25, -0.2) is 4.90 Å². The zero-order valence-corrected chi connectivity index (χ0v) is 14.9. The summed E-state index contributed by atoms with van der Waals surface area (Å²) in [5.41, 5.74) is 21.3. The fraction of sp³-hybridized carbons (Fsp3) is 0. The normalized spacial score (nSPS) is 14.1. The van der Waals surface area contributed by atoms with Gasteiger partial charge < -0.3 is 17.2 Å². The van der Waals surface area contributed by atoms with Gasteiger partial charge in [-0.15, -0.1) is 0 Å². The maximum absolute atomic E-state index is 13.3. The number of carbonyl (C=O) groups excluding carboxylic acids is 2. The highest BCUT2D eigenvalue weighted by molar-refractivity contribution is 6.57. The van der Waals surface area contributed by atoms with Crippen LogP contribution in [0, 0.1) is 0 Å². The van der Waals surface area contributed by atoms with E-state index in [1.54, 1.807) is 72.8 Å². The highest BCUT2D eigenvalue weighted by Gasteiger charge is 2.40. The number of amides is 2. The second-order valence-electron chi connectivity index (χ2n) is 6.53. The standard InChI is InChI=1S/C22H18N4O2/c23-15-5-1-13(2-6-15)19-20(14-3-7-16(24)8-4-14)22(28)26(21(19)27)18-11-9-17(25)10-12-18/h1-12H,23-25H2. The van der Waals surface area contributed by atoms with Gasteiger partial charge in [-0.1, -0.05) is 24.3 Å². The molecule has 28 heavy (non-hydrogen) atoms. The molecule has 0 atom stereocenters. The van der Waals surface area contributed by atoms with Crippen LogP contribution in [0.25, 0.3) is 11.1 Å². The number of nitrogens with zero attached hydrogens (tertiary/aromatic N) is 1. The average molecular weight is 370 g/mol. The van der Waals surface area contributed by atoms with Gasteiger partial charge in [0, 0.05) is 17.1 Å². The lowest BCUT2D eigenvalue weighted by atomic mass is 9.96. The van der Waals surface area contributed by atoms with Crippen molar-refractivity contribution >= 4 is 45.7 Å². The van der Waals surface area contributed by atoms with E-state index in [1.807, 2.05) is 0 Å². The van der Waals surface area contributed by atoms with Crippen molar-refractivity contribution in [3.63, 3.8) is 0 Å². The maximum Gasteiger partial charge on any atom is 0.266 e. The highest BCUT2D eigenvalue weighted by Crippen LogP contribution is 2.38. The number of hydrogen-bond donors (Lipinski definition) is 3. The van der Waals surface area contributed by atoms with Gasteiger partial charge in [-0.3, -0.25) is 9.59 Å². The van der Waals surface area contributed by atoms with Crippen LogP contribution >= 0.6 is 0 Å². The van der Waals surface area contributed by atoms with Crippen molar-refractivity contribution in [3.05, 3.63) is 83.9 Å². The van der Waals surface area contributed by atoms with Crippen molar-refractivity contribution < 1.29 is 9.59 Å². The van der Waals surface area contributed by atoms with Crippen LogP contribution in [0.15, 0.2) is 72.8 Å². The predicted molar refractivity (Wildman–Crippen MR) is 112 cm³/mol. The van der Waals surface area contributed by atoms with E-state index in [0.29, 0.717) is 45.0 Å². The lowest BCUT2D eigenvalue weighted by molar-refractivity contribution is -0.119. The molecule has 0 saturated carbocycles. The Morgan fingerprint density at radius 3 is 1.18 bits per heavy atom. The smallest absolute Gasteiger partial charge is 0.266 e. The molecule has 0 fully saturated rings. The number of anilines is 4. The van der Waals surface area contributed by atoms with Gasteiger partial charge in [0.2, 0.25) is 0 Å². The number of nitrogens with two attached hydrogens (primary N) is 3. The fourth-order valence-corrected chi connectivity index (χ4v) is 3.22. The summed E-state index contributed by atoms with van der Waals surface area (Å²) in [4.78, 5) is 27.8. The minimum Gasteiger partial charge on any atom is -0.399 e. The lowest BCUT2D eigenvalue weighted by Gasteiger charge is -2.15. The summed E-state index contributed by atoms with van der Waals surface area (Å²) in [6.07, 6.45) is 0. The third kappa shape index (κ3) is 2.87. The number of hydrogen-bond acceptors (Lipinski definition) is 5.